The fourth-order valence-corrected chi connectivity index (χ4v) is 1.87. The molecule has 8 heteroatoms. The number of rotatable bonds is 7. The summed E-state index contributed by atoms with van der Waals surface area (Å²) in [5.41, 5.74) is 5.45. The van der Waals surface area contributed by atoms with Crippen molar-refractivity contribution in [2.24, 2.45) is 5.73 Å². The maximum Gasteiger partial charge on any atom is 0.379 e. The van der Waals surface area contributed by atoms with Crippen molar-refractivity contribution in [1.29, 1.82) is 0 Å². The normalized spacial score (nSPS) is 12.5. The largest absolute Gasteiger partial charge is 0.496 e. The van der Waals surface area contributed by atoms with Crippen molar-refractivity contribution in [3.05, 3.63) is 17.7 Å². The fourth-order valence-electron chi connectivity index (χ4n) is 1.87. The molecule has 0 saturated heterocycles. The van der Waals surface area contributed by atoms with Crippen molar-refractivity contribution in [1.82, 2.24) is 0 Å². The summed E-state index contributed by atoms with van der Waals surface area (Å²) in [7, 11) is 3.97. The Labute approximate surface area is 127 Å². The van der Waals surface area contributed by atoms with E-state index in [-0.39, 0.29) is 23.7 Å². The molecule has 0 amide bonds. The maximum absolute atomic E-state index is 14.2. The summed E-state index contributed by atoms with van der Waals surface area (Å²) in [5, 5.41) is 0. The molecule has 1 aromatic rings. The summed E-state index contributed by atoms with van der Waals surface area (Å²) < 4.78 is 47.8. The first-order valence-electron chi connectivity index (χ1n) is 6.43. The zero-order chi connectivity index (χ0) is 16.9. The molecule has 22 heavy (non-hydrogen) atoms. The van der Waals surface area contributed by atoms with E-state index in [1.54, 1.807) is 0 Å². The van der Waals surface area contributed by atoms with Gasteiger partial charge in [0.15, 0.2) is 0 Å². The number of methoxy groups -OCH3 is 3. The Hall–Kier alpha value is -2.09. The van der Waals surface area contributed by atoms with E-state index in [4.69, 9.17) is 19.9 Å². The van der Waals surface area contributed by atoms with Crippen LogP contribution in [0.1, 0.15) is 18.5 Å². The first kappa shape index (κ1) is 18.0. The van der Waals surface area contributed by atoms with Gasteiger partial charge in [0.05, 0.1) is 33.5 Å². The summed E-state index contributed by atoms with van der Waals surface area (Å²) in [4.78, 5) is 11.4. The molecule has 0 spiro atoms. The van der Waals surface area contributed by atoms with Crippen molar-refractivity contribution in [2.45, 2.75) is 18.9 Å². The van der Waals surface area contributed by atoms with Gasteiger partial charge in [-0.05, 0) is 6.92 Å². The number of ether oxygens (including phenoxy) is 4. The minimum absolute atomic E-state index is 0.0210. The van der Waals surface area contributed by atoms with Gasteiger partial charge < -0.3 is 24.7 Å². The number of nitrogens with two attached hydrogens (primary N) is 1. The molecule has 1 atom stereocenters. The van der Waals surface area contributed by atoms with Crippen molar-refractivity contribution >= 4 is 5.97 Å². The van der Waals surface area contributed by atoms with Crippen molar-refractivity contribution in [2.75, 3.05) is 27.9 Å². The van der Waals surface area contributed by atoms with Crippen molar-refractivity contribution < 1.29 is 32.5 Å². The minimum atomic E-state index is -3.94. The summed E-state index contributed by atoms with van der Waals surface area (Å²) in [6, 6.07) is 0.750. The zero-order valence-electron chi connectivity index (χ0n) is 12.8. The summed E-state index contributed by atoms with van der Waals surface area (Å²) in [6.07, 6.45) is 0. The molecule has 124 valence electrons. The predicted octanol–water partition coefficient (Wildman–Crippen LogP) is 1.91. The highest BCUT2D eigenvalue weighted by molar-refractivity contribution is 5.79. The Balaban J connectivity index is 3.37. The van der Waals surface area contributed by atoms with E-state index in [0.29, 0.717) is 5.75 Å². The molecule has 0 aliphatic rings. The third kappa shape index (κ3) is 3.38. The van der Waals surface area contributed by atoms with E-state index < -0.39 is 17.9 Å². The highest BCUT2D eigenvalue weighted by atomic mass is 19.3. The van der Waals surface area contributed by atoms with E-state index in [0.717, 1.165) is 0 Å². The lowest BCUT2D eigenvalue weighted by Crippen LogP contribution is -2.42. The Kier molecular flexibility index (Phi) is 5.92. The van der Waals surface area contributed by atoms with Crippen molar-refractivity contribution in [3.63, 3.8) is 0 Å². The molecule has 0 fully saturated rings. The monoisotopic (exact) mass is 319 g/mol. The van der Waals surface area contributed by atoms with Crippen LogP contribution in [0.5, 0.6) is 17.2 Å². The molecule has 1 aromatic carbocycles. The molecule has 0 aliphatic carbocycles. The highest BCUT2D eigenvalue weighted by Crippen LogP contribution is 2.43. The number of carbonyl (C=O) groups is 1. The lowest BCUT2D eigenvalue weighted by atomic mass is 9.98. The van der Waals surface area contributed by atoms with Gasteiger partial charge in [-0.25, -0.2) is 4.79 Å². The van der Waals surface area contributed by atoms with Gasteiger partial charge in [0, 0.05) is 12.1 Å². The molecular weight excluding hydrogens is 300 g/mol. The molecule has 0 radical (unpaired) electrons. The highest BCUT2D eigenvalue weighted by Gasteiger charge is 2.49. The lowest BCUT2D eigenvalue weighted by Gasteiger charge is -2.25. The molecule has 6 nitrogen and oxygen atoms in total. The van der Waals surface area contributed by atoms with Gasteiger partial charge in [0.25, 0.3) is 0 Å². The summed E-state index contributed by atoms with van der Waals surface area (Å²) in [5.74, 6) is -5.27. The standard InChI is InChI=1S/C14H19F2NO5/c1-5-22-13(18)14(15,16)12(17)11-9(20-3)6-8(19-2)7-10(11)21-4/h6-7,12H,5,17H2,1-4H3/t12-/m1/s1. The molecule has 2 N–H and O–H groups in total. The minimum Gasteiger partial charge on any atom is -0.496 e. The van der Waals surface area contributed by atoms with E-state index in [9.17, 15) is 13.6 Å². The average Bonchev–Trinajstić information content (AvgIpc) is 2.52. The molecule has 0 unspecified atom stereocenters. The first-order valence-corrected chi connectivity index (χ1v) is 6.43. The molecule has 0 saturated carbocycles. The van der Waals surface area contributed by atoms with Crippen LogP contribution < -0.4 is 19.9 Å². The first-order chi connectivity index (χ1) is 10.3. The Morgan fingerprint density at radius 3 is 2.05 bits per heavy atom. The van der Waals surface area contributed by atoms with Crippen LogP contribution in [0, 0.1) is 0 Å². The third-order valence-electron chi connectivity index (χ3n) is 3.00. The lowest BCUT2D eigenvalue weighted by molar-refractivity contribution is -0.174. The Morgan fingerprint density at radius 1 is 1.18 bits per heavy atom. The molecule has 0 heterocycles. The van der Waals surface area contributed by atoms with Gasteiger partial charge in [-0.2, -0.15) is 8.78 Å². The van der Waals surface area contributed by atoms with Crippen LogP contribution in [0.25, 0.3) is 0 Å². The number of hydrogen-bond acceptors (Lipinski definition) is 6. The van der Waals surface area contributed by atoms with E-state index in [1.807, 2.05) is 0 Å². The molecule has 0 aliphatic heterocycles. The molecule has 0 aromatic heterocycles. The van der Waals surface area contributed by atoms with Gasteiger partial charge in [0.1, 0.15) is 23.3 Å². The van der Waals surface area contributed by atoms with Crippen LogP contribution >= 0.6 is 0 Å². The van der Waals surface area contributed by atoms with Crippen molar-refractivity contribution in [3.8, 4) is 17.2 Å². The number of esters is 1. The summed E-state index contributed by atoms with van der Waals surface area (Å²) in [6.45, 7) is 1.24. The van der Waals surface area contributed by atoms with Crippen LogP contribution in [0.15, 0.2) is 12.1 Å². The van der Waals surface area contributed by atoms with E-state index >= 15 is 0 Å². The second-order valence-electron chi connectivity index (χ2n) is 4.27. The number of halogens is 2. The summed E-state index contributed by atoms with van der Waals surface area (Å²) >= 11 is 0. The second-order valence-corrected chi connectivity index (χ2v) is 4.27. The number of hydrogen-bond donors (Lipinski definition) is 1. The zero-order valence-corrected chi connectivity index (χ0v) is 12.8. The number of benzene rings is 1. The van der Waals surface area contributed by atoms with Gasteiger partial charge in [-0.3, -0.25) is 0 Å². The Bertz CT molecular complexity index is 511. The smallest absolute Gasteiger partial charge is 0.379 e. The molecule has 0 bridgehead atoms. The third-order valence-corrected chi connectivity index (χ3v) is 3.00. The van der Waals surface area contributed by atoms with Crippen LogP contribution in [-0.2, 0) is 9.53 Å². The molecule has 1 rings (SSSR count). The van der Waals surface area contributed by atoms with Crippen LogP contribution in [0.4, 0.5) is 8.78 Å². The topological polar surface area (TPSA) is 80.0 Å². The van der Waals surface area contributed by atoms with Gasteiger partial charge in [-0.1, -0.05) is 0 Å². The second kappa shape index (κ2) is 7.26. The maximum atomic E-state index is 14.2. The van der Waals surface area contributed by atoms with Crippen LogP contribution in [0.3, 0.4) is 0 Å². The number of alkyl halides is 2. The predicted molar refractivity (Wildman–Crippen MR) is 74.6 cm³/mol. The van der Waals surface area contributed by atoms with E-state index in [2.05, 4.69) is 4.74 Å². The van der Waals surface area contributed by atoms with E-state index in [1.165, 1.54) is 40.4 Å². The Morgan fingerprint density at radius 2 is 1.68 bits per heavy atom. The molecular formula is C14H19F2NO5. The van der Waals surface area contributed by atoms with Gasteiger partial charge in [0.2, 0.25) is 0 Å². The number of carbonyl (C=O) groups excluding carboxylic acids is 1. The SMILES string of the molecule is CCOC(=O)C(F)(F)[C@H](N)c1c(OC)cc(OC)cc1OC. The fraction of sp³-hybridized carbons (Fsp3) is 0.500. The quantitative estimate of drug-likeness (QED) is 0.773. The van der Waals surface area contributed by atoms with Crippen LogP contribution in [0.2, 0.25) is 0 Å². The van der Waals surface area contributed by atoms with Gasteiger partial charge >= 0.3 is 11.9 Å². The average molecular weight is 319 g/mol. The van der Waals surface area contributed by atoms with Crippen LogP contribution in [-0.4, -0.2) is 39.8 Å². The van der Waals surface area contributed by atoms with Gasteiger partial charge in [-0.15, -0.1) is 0 Å².